The Morgan fingerprint density at radius 1 is 1.37 bits per heavy atom. The van der Waals surface area contributed by atoms with Gasteiger partial charge in [-0.05, 0) is 13.3 Å². The number of rotatable bonds is 8. The predicted octanol–water partition coefficient (Wildman–Crippen LogP) is 1.11. The molecule has 2 unspecified atom stereocenters. The first-order valence-electron chi connectivity index (χ1n) is 7.04. The van der Waals surface area contributed by atoms with E-state index >= 15 is 0 Å². The average molecular weight is 292 g/mol. The monoisotopic (exact) mass is 292 g/mol. The molecule has 1 saturated carbocycles. The number of nitrogens with one attached hydrogen (secondary N) is 2. The molecule has 0 saturated heterocycles. The molecule has 0 aliphatic heterocycles. The molecule has 0 radical (unpaired) electrons. The summed E-state index contributed by atoms with van der Waals surface area (Å²) in [7, 11) is -3.21. The fourth-order valence-electron chi connectivity index (χ4n) is 2.33. The van der Waals surface area contributed by atoms with Crippen LogP contribution in [0, 0.1) is 5.41 Å². The summed E-state index contributed by atoms with van der Waals surface area (Å²) in [5, 5.41) is 3.12. The third-order valence-electron chi connectivity index (χ3n) is 3.79. The first-order chi connectivity index (χ1) is 8.69. The third kappa shape index (κ3) is 4.70. The molecule has 114 valence electrons. The zero-order valence-corrected chi connectivity index (χ0v) is 13.5. The molecule has 0 heterocycles. The quantitative estimate of drug-likeness (QED) is 0.703. The molecule has 0 aromatic heterocycles. The summed E-state index contributed by atoms with van der Waals surface area (Å²) in [6, 6.07) is 0.283. The van der Waals surface area contributed by atoms with Crippen molar-refractivity contribution in [3.63, 3.8) is 0 Å². The van der Waals surface area contributed by atoms with Gasteiger partial charge in [0, 0.05) is 30.7 Å². The second kappa shape index (κ2) is 6.52. The van der Waals surface area contributed by atoms with E-state index in [9.17, 15) is 8.42 Å². The number of ether oxygens (including phenoxy) is 1. The van der Waals surface area contributed by atoms with Crippen molar-refractivity contribution in [2.24, 2.45) is 5.41 Å². The van der Waals surface area contributed by atoms with Crippen molar-refractivity contribution in [2.45, 2.75) is 59.2 Å². The highest BCUT2D eigenvalue weighted by molar-refractivity contribution is 7.89. The van der Waals surface area contributed by atoms with Gasteiger partial charge in [-0.2, -0.15) is 0 Å². The van der Waals surface area contributed by atoms with E-state index in [1.807, 2.05) is 20.8 Å². The Kier molecular flexibility index (Phi) is 5.79. The Bertz CT molecular complexity index is 379. The molecular formula is C13H28N2O3S. The zero-order valence-electron chi connectivity index (χ0n) is 12.7. The van der Waals surface area contributed by atoms with Crippen molar-refractivity contribution in [1.29, 1.82) is 0 Å². The Hall–Kier alpha value is -0.170. The van der Waals surface area contributed by atoms with Gasteiger partial charge in [0.05, 0.1) is 11.9 Å². The normalized spacial score (nSPS) is 26.4. The van der Waals surface area contributed by atoms with Crippen LogP contribution in [0.25, 0.3) is 0 Å². The fourth-order valence-corrected chi connectivity index (χ4v) is 3.66. The van der Waals surface area contributed by atoms with Crippen LogP contribution in [0.3, 0.4) is 0 Å². The van der Waals surface area contributed by atoms with Gasteiger partial charge < -0.3 is 10.1 Å². The number of hydrogen-bond donors (Lipinski definition) is 2. The van der Waals surface area contributed by atoms with Gasteiger partial charge in [0.1, 0.15) is 0 Å². The number of sulfonamides is 1. The zero-order chi connectivity index (χ0) is 14.7. The van der Waals surface area contributed by atoms with Crippen LogP contribution in [0.1, 0.15) is 41.0 Å². The molecule has 0 bridgehead atoms. The lowest BCUT2D eigenvalue weighted by Crippen LogP contribution is -2.62. The van der Waals surface area contributed by atoms with Crippen LogP contribution < -0.4 is 10.0 Å². The topological polar surface area (TPSA) is 67.4 Å². The maximum absolute atomic E-state index is 12.0. The molecule has 6 heteroatoms. The van der Waals surface area contributed by atoms with E-state index in [1.165, 1.54) is 0 Å². The van der Waals surface area contributed by atoms with Crippen LogP contribution in [0.5, 0.6) is 0 Å². The maximum atomic E-state index is 12.0. The summed E-state index contributed by atoms with van der Waals surface area (Å²) < 4.78 is 32.4. The van der Waals surface area contributed by atoms with Gasteiger partial charge in [-0.3, -0.25) is 0 Å². The molecule has 0 aromatic rings. The molecule has 0 spiro atoms. The summed E-state index contributed by atoms with van der Waals surface area (Å²) in [6.07, 6.45) is 0.913. The van der Waals surface area contributed by atoms with Crippen molar-refractivity contribution in [3.05, 3.63) is 0 Å². The van der Waals surface area contributed by atoms with Crippen LogP contribution in [0.4, 0.5) is 0 Å². The smallest absolute Gasteiger partial charge is 0.213 e. The van der Waals surface area contributed by atoms with Crippen molar-refractivity contribution in [1.82, 2.24) is 10.0 Å². The summed E-state index contributed by atoms with van der Waals surface area (Å²) in [6.45, 7) is 11.2. The first kappa shape index (κ1) is 16.9. The predicted molar refractivity (Wildman–Crippen MR) is 77.7 cm³/mol. The molecule has 1 rings (SSSR count). The molecule has 19 heavy (non-hydrogen) atoms. The van der Waals surface area contributed by atoms with Gasteiger partial charge >= 0.3 is 0 Å². The van der Waals surface area contributed by atoms with E-state index in [-0.39, 0.29) is 23.3 Å². The minimum absolute atomic E-state index is 0.0203. The van der Waals surface area contributed by atoms with E-state index in [1.54, 1.807) is 0 Å². The summed E-state index contributed by atoms with van der Waals surface area (Å²) in [5.41, 5.74) is -0.130. The van der Waals surface area contributed by atoms with E-state index < -0.39 is 10.0 Å². The third-order valence-corrected chi connectivity index (χ3v) is 5.18. The van der Waals surface area contributed by atoms with E-state index in [4.69, 9.17) is 4.74 Å². The molecule has 1 aliphatic carbocycles. The highest BCUT2D eigenvalue weighted by atomic mass is 32.2. The van der Waals surface area contributed by atoms with Gasteiger partial charge in [0.2, 0.25) is 10.0 Å². The highest BCUT2D eigenvalue weighted by Gasteiger charge is 2.50. The average Bonchev–Trinajstić information content (AvgIpc) is 2.27. The lowest BCUT2D eigenvalue weighted by molar-refractivity contribution is -0.108. The lowest BCUT2D eigenvalue weighted by Gasteiger charge is -2.51. The van der Waals surface area contributed by atoms with E-state index in [0.29, 0.717) is 19.2 Å². The summed E-state index contributed by atoms with van der Waals surface area (Å²) in [5.74, 6) is 0.122. The molecule has 1 aliphatic rings. The molecule has 0 aromatic carbocycles. The molecule has 2 atom stereocenters. The Morgan fingerprint density at radius 3 is 2.47 bits per heavy atom. The van der Waals surface area contributed by atoms with Gasteiger partial charge in [-0.15, -0.1) is 0 Å². The highest BCUT2D eigenvalue weighted by Crippen LogP contribution is 2.42. The van der Waals surface area contributed by atoms with Crippen molar-refractivity contribution in [3.8, 4) is 0 Å². The summed E-state index contributed by atoms with van der Waals surface area (Å²) >= 11 is 0. The van der Waals surface area contributed by atoms with Crippen LogP contribution in [0.2, 0.25) is 0 Å². The SMILES string of the molecule is CCOC1CC(NS(=O)(=O)CCNC(C)C)C1(C)C. The Balaban J connectivity index is 2.43. The van der Waals surface area contributed by atoms with Crippen molar-refractivity contribution in [2.75, 3.05) is 18.9 Å². The van der Waals surface area contributed by atoms with Crippen molar-refractivity contribution < 1.29 is 13.2 Å². The van der Waals surface area contributed by atoms with Crippen LogP contribution in [0.15, 0.2) is 0 Å². The molecular weight excluding hydrogens is 264 g/mol. The van der Waals surface area contributed by atoms with Crippen LogP contribution in [-0.2, 0) is 14.8 Å². The van der Waals surface area contributed by atoms with E-state index in [2.05, 4.69) is 23.9 Å². The van der Waals surface area contributed by atoms with Crippen LogP contribution >= 0.6 is 0 Å². The minimum Gasteiger partial charge on any atom is -0.378 e. The Labute approximate surface area is 117 Å². The number of hydrogen-bond acceptors (Lipinski definition) is 4. The second-order valence-corrected chi connectivity index (χ2v) is 7.97. The lowest BCUT2D eigenvalue weighted by atomic mass is 9.65. The first-order valence-corrected chi connectivity index (χ1v) is 8.69. The Morgan fingerprint density at radius 2 is 2.00 bits per heavy atom. The standard InChI is InChI=1S/C13H28N2O3S/c1-6-18-12-9-11(13(12,4)5)15-19(16,17)8-7-14-10(2)3/h10-12,14-15H,6-9H2,1-5H3. The van der Waals surface area contributed by atoms with Gasteiger partial charge in [0.15, 0.2) is 0 Å². The largest absolute Gasteiger partial charge is 0.378 e. The molecule has 5 nitrogen and oxygen atoms in total. The van der Waals surface area contributed by atoms with Gasteiger partial charge in [-0.25, -0.2) is 13.1 Å². The van der Waals surface area contributed by atoms with Gasteiger partial charge in [-0.1, -0.05) is 27.7 Å². The molecule has 2 N–H and O–H groups in total. The van der Waals surface area contributed by atoms with Crippen LogP contribution in [-0.4, -0.2) is 45.5 Å². The summed E-state index contributed by atoms with van der Waals surface area (Å²) in [4.78, 5) is 0. The van der Waals surface area contributed by atoms with Crippen molar-refractivity contribution >= 4 is 10.0 Å². The molecule has 1 fully saturated rings. The second-order valence-electron chi connectivity index (χ2n) is 6.10. The molecule has 0 amide bonds. The van der Waals surface area contributed by atoms with Gasteiger partial charge in [0.25, 0.3) is 0 Å². The minimum atomic E-state index is -3.21. The maximum Gasteiger partial charge on any atom is 0.213 e. The fraction of sp³-hybridized carbons (Fsp3) is 1.00. The van der Waals surface area contributed by atoms with E-state index in [0.717, 1.165) is 6.42 Å².